The molecule has 1 unspecified atom stereocenters. The lowest BCUT2D eigenvalue weighted by molar-refractivity contribution is -0.138. The maximum atomic E-state index is 12.2. The number of furan rings is 1. The summed E-state index contributed by atoms with van der Waals surface area (Å²) in [5.74, 6) is 0.971. The quantitative estimate of drug-likeness (QED) is 0.894. The number of amides is 2. The molecule has 0 bridgehead atoms. The van der Waals surface area contributed by atoms with Gasteiger partial charge in [-0.15, -0.1) is 0 Å². The van der Waals surface area contributed by atoms with Crippen molar-refractivity contribution in [1.29, 1.82) is 0 Å². The Labute approximate surface area is 124 Å². The van der Waals surface area contributed by atoms with Gasteiger partial charge < -0.3 is 19.7 Å². The van der Waals surface area contributed by atoms with E-state index in [1.807, 2.05) is 26.0 Å². The molecule has 0 radical (unpaired) electrons. The van der Waals surface area contributed by atoms with E-state index >= 15 is 0 Å². The van der Waals surface area contributed by atoms with Gasteiger partial charge in [-0.1, -0.05) is 0 Å². The molecule has 1 aromatic heterocycles. The average Bonchev–Trinajstić information content (AvgIpc) is 2.85. The van der Waals surface area contributed by atoms with E-state index in [1.54, 1.807) is 4.90 Å². The minimum Gasteiger partial charge on any atom is -0.481 e. The molecule has 0 saturated carbocycles. The fourth-order valence-corrected chi connectivity index (χ4v) is 2.62. The number of hydrogen-bond acceptors (Lipinski definition) is 3. The molecule has 1 aromatic rings. The molecule has 2 heterocycles. The molecule has 1 atom stereocenters. The standard InChI is InChI=1S/C15H22N2O4/c1-10-3-4-13(21-10)11(2)16-15(20)17-7-5-12(6-8-17)9-14(18)19/h3-4,11-12H,5-9H2,1-2H3,(H,16,20)(H,18,19). The van der Waals surface area contributed by atoms with Crippen molar-refractivity contribution >= 4 is 12.0 Å². The molecule has 1 saturated heterocycles. The van der Waals surface area contributed by atoms with Crippen LogP contribution in [0.2, 0.25) is 0 Å². The normalized spacial score (nSPS) is 17.5. The number of aliphatic carboxylic acids is 1. The Morgan fingerprint density at radius 2 is 2.10 bits per heavy atom. The van der Waals surface area contributed by atoms with Gasteiger partial charge in [0.2, 0.25) is 0 Å². The number of hydrogen-bond donors (Lipinski definition) is 2. The predicted molar refractivity (Wildman–Crippen MR) is 76.9 cm³/mol. The number of nitrogens with one attached hydrogen (secondary N) is 1. The zero-order valence-corrected chi connectivity index (χ0v) is 12.5. The van der Waals surface area contributed by atoms with E-state index in [1.165, 1.54) is 0 Å². The van der Waals surface area contributed by atoms with Crippen LogP contribution < -0.4 is 5.32 Å². The summed E-state index contributed by atoms with van der Waals surface area (Å²) in [7, 11) is 0. The van der Waals surface area contributed by atoms with Gasteiger partial charge in [-0.05, 0) is 44.7 Å². The van der Waals surface area contributed by atoms with E-state index in [0.717, 1.165) is 24.4 Å². The minimum atomic E-state index is -0.764. The van der Waals surface area contributed by atoms with Crippen LogP contribution >= 0.6 is 0 Å². The van der Waals surface area contributed by atoms with E-state index < -0.39 is 5.97 Å². The number of carbonyl (C=O) groups excluding carboxylic acids is 1. The number of urea groups is 1. The van der Waals surface area contributed by atoms with Crippen molar-refractivity contribution < 1.29 is 19.1 Å². The van der Waals surface area contributed by atoms with Gasteiger partial charge in [-0.2, -0.15) is 0 Å². The van der Waals surface area contributed by atoms with Crippen molar-refractivity contribution in [3.63, 3.8) is 0 Å². The smallest absolute Gasteiger partial charge is 0.317 e. The second kappa shape index (κ2) is 6.65. The first-order valence-corrected chi connectivity index (χ1v) is 7.29. The van der Waals surface area contributed by atoms with Gasteiger partial charge in [0, 0.05) is 19.5 Å². The highest BCUT2D eigenvalue weighted by molar-refractivity contribution is 5.74. The molecule has 1 aliphatic rings. The molecule has 1 aliphatic heterocycles. The van der Waals surface area contributed by atoms with Gasteiger partial charge in [-0.25, -0.2) is 4.79 Å². The highest BCUT2D eigenvalue weighted by Gasteiger charge is 2.25. The highest BCUT2D eigenvalue weighted by atomic mass is 16.4. The van der Waals surface area contributed by atoms with Gasteiger partial charge in [0.25, 0.3) is 0 Å². The van der Waals surface area contributed by atoms with Gasteiger partial charge in [0.15, 0.2) is 0 Å². The Balaban J connectivity index is 1.80. The summed E-state index contributed by atoms with van der Waals surface area (Å²) in [6.07, 6.45) is 1.68. The van der Waals surface area contributed by atoms with Crippen molar-refractivity contribution in [2.45, 2.75) is 39.2 Å². The fraction of sp³-hybridized carbons (Fsp3) is 0.600. The van der Waals surface area contributed by atoms with E-state index in [0.29, 0.717) is 13.1 Å². The van der Waals surface area contributed by atoms with Crippen molar-refractivity contribution in [2.75, 3.05) is 13.1 Å². The first-order chi connectivity index (χ1) is 9.95. The van der Waals surface area contributed by atoms with Crippen LogP contribution in [-0.2, 0) is 4.79 Å². The number of nitrogens with zero attached hydrogens (tertiary/aromatic N) is 1. The maximum absolute atomic E-state index is 12.2. The van der Waals surface area contributed by atoms with Gasteiger partial charge >= 0.3 is 12.0 Å². The molecule has 116 valence electrons. The molecule has 0 spiro atoms. The van der Waals surface area contributed by atoms with Crippen LogP contribution in [0.1, 0.15) is 43.7 Å². The summed E-state index contributed by atoms with van der Waals surface area (Å²) in [6.45, 7) is 4.96. The maximum Gasteiger partial charge on any atom is 0.317 e. The molecular weight excluding hydrogens is 272 g/mol. The molecule has 6 heteroatoms. The predicted octanol–water partition coefficient (Wildman–Crippen LogP) is 2.55. The molecule has 1 fully saturated rings. The van der Waals surface area contributed by atoms with Crippen LogP contribution in [0.4, 0.5) is 4.79 Å². The van der Waals surface area contributed by atoms with Crippen LogP contribution in [0.15, 0.2) is 16.5 Å². The Hall–Kier alpha value is -1.98. The lowest BCUT2D eigenvalue weighted by atomic mass is 9.94. The topological polar surface area (TPSA) is 82.8 Å². The van der Waals surface area contributed by atoms with Crippen LogP contribution in [0.3, 0.4) is 0 Å². The lowest BCUT2D eigenvalue weighted by Gasteiger charge is -2.32. The number of carbonyl (C=O) groups is 2. The van der Waals surface area contributed by atoms with Gasteiger partial charge in [-0.3, -0.25) is 4.79 Å². The molecule has 6 nitrogen and oxygen atoms in total. The molecule has 2 amide bonds. The Bertz CT molecular complexity index is 504. The highest BCUT2D eigenvalue weighted by Crippen LogP contribution is 2.21. The van der Waals surface area contributed by atoms with E-state index in [4.69, 9.17) is 9.52 Å². The largest absolute Gasteiger partial charge is 0.481 e. The molecule has 2 N–H and O–H groups in total. The van der Waals surface area contributed by atoms with Crippen LogP contribution in [0.25, 0.3) is 0 Å². The number of carboxylic acid groups (broad SMARTS) is 1. The van der Waals surface area contributed by atoms with Crippen LogP contribution in [0, 0.1) is 12.8 Å². The van der Waals surface area contributed by atoms with E-state index in [9.17, 15) is 9.59 Å². The third-order valence-electron chi connectivity index (χ3n) is 3.89. The van der Waals surface area contributed by atoms with Crippen LogP contribution in [0.5, 0.6) is 0 Å². The van der Waals surface area contributed by atoms with Crippen molar-refractivity contribution in [3.8, 4) is 0 Å². The second-order valence-electron chi connectivity index (χ2n) is 5.65. The average molecular weight is 294 g/mol. The summed E-state index contributed by atoms with van der Waals surface area (Å²) < 4.78 is 5.50. The monoisotopic (exact) mass is 294 g/mol. The summed E-state index contributed by atoms with van der Waals surface area (Å²) in [4.78, 5) is 24.6. The van der Waals surface area contributed by atoms with Crippen molar-refractivity contribution in [3.05, 3.63) is 23.7 Å². The first kappa shape index (κ1) is 15.4. The van der Waals surface area contributed by atoms with Crippen molar-refractivity contribution in [2.24, 2.45) is 5.92 Å². The first-order valence-electron chi connectivity index (χ1n) is 7.29. The third-order valence-corrected chi connectivity index (χ3v) is 3.89. The Kier molecular flexibility index (Phi) is 4.88. The van der Waals surface area contributed by atoms with Gasteiger partial charge in [0.1, 0.15) is 11.5 Å². The number of rotatable bonds is 4. The molecule has 2 rings (SSSR count). The SMILES string of the molecule is Cc1ccc(C(C)NC(=O)N2CCC(CC(=O)O)CC2)o1. The molecular formula is C15H22N2O4. The van der Waals surface area contributed by atoms with E-state index in [2.05, 4.69) is 5.32 Å². The number of aryl methyl sites for hydroxylation is 1. The minimum absolute atomic E-state index is 0.120. The summed E-state index contributed by atoms with van der Waals surface area (Å²) in [5.41, 5.74) is 0. The summed E-state index contributed by atoms with van der Waals surface area (Å²) in [5, 5.41) is 11.7. The number of likely N-dealkylation sites (tertiary alicyclic amines) is 1. The van der Waals surface area contributed by atoms with Crippen molar-refractivity contribution in [1.82, 2.24) is 10.2 Å². The molecule has 0 aromatic carbocycles. The second-order valence-corrected chi connectivity index (χ2v) is 5.65. The number of carboxylic acids is 1. The Morgan fingerprint density at radius 1 is 1.43 bits per heavy atom. The summed E-state index contributed by atoms with van der Waals surface area (Å²) >= 11 is 0. The molecule has 21 heavy (non-hydrogen) atoms. The number of piperidine rings is 1. The van der Waals surface area contributed by atoms with Crippen LogP contribution in [-0.4, -0.2) is 35.1 Å². The molecule has 0 aliphatic carbocycles. The lowest BCUT2D eigenvalue weighted by Crippen LogP contribution is -2.45. The zero-order valence-electron chi connectivity index (χ0n) is 12.5. The third kappa shape index (κ3) is 4.24. The Morgan fingerprint density at radius 3 is 2.62 bits per heavy atom. The summed E-state index contributed by atoms with van der Waals surface area (Å²) in [6, 6.07) is 3.43. The zero-order chi connectivity index (χ0) is 15.4. The van der Waals surface area contributed by atoms with Gasteiger partial charge in [0.05, 0.1) is 6.04 Å². The fourth-order valence-electron chi connectivity index (χ4n) is 2.62. The van der Waals surface area contributed by atoms with E-state index in [-0.39, 0.29) is 24.4 Å².